The molecular weight excluding hydrogens is 248 g/mol. The van der Waals surface area contributed by atoms with E-state index < -0.39 is 0 Å². The van der Waals surface area contributed by atoms with Crippen LogP contribution < -0.4 is 5.73 Å². The fourth-order valence-electron chi connectivity index (χ4n) is 1.99. The Morgan fingerprint density at radius 2 is 2.06 bits per heavy atom. The third-order valence-electron chi connectivity index (χ3n) is 2.75. The maximum absolute atomic E-state index is 5.99. The quantitative estimate of drug-likeness (QED) is 0.730. The van der Waals surface area contributed by atoms with Crippen LogP contribution in [0, 0.1) is 6.92 Å². The second-order valence-electron chi connectivity index (χ2n) is 4.20. The number of pyridine rings is 1. The van der Waals surface area contributed by atoms with E-state index in [0.29, 0.717) is 16.4 Å². The van der Waals surface area contributed by atoms with E-state index in [1.807, 2.05) is 47.9 Å². The molecule has 0 aliphatic heterocycles. The number of nitrogen functional groups attached to an aromatic ring is 1. The minimum atomic E-state index is 0.621. The zero-order valence-corrected chi connectivity index (χ0v) is 10.5. The number of aromatic nitrogens is 3. The summed E-state index contributed by atoms with van der Waals surface area (Å²) in [6, 6.07) is 9.40. The summed E-state index contributed by atoms with van der Waals surface area (Å²) in [6.07, 6.45) is 1.96. The lowest BCUT2D eigenvalue weighted by Crippen LogP contribution is -1.95. The highest BCUT2D eigenvalue weighted by atomic mass is 35.5. The van der Waals surface area contributed by atoms with Crippen LogP contribution in [0.15, 0.2) is 36.5 Å². The van der Waals surface area contributed by atoms with Gasteiger partial charge in [0.25, 0.3) is 0 Å². The SMILES string of the molecule is Cc1cc(N)c2nnc(-c3cccc(Cl)c3)n2c1. The molecule has 3 aromatic rings. The lowest BCUT2D eigenvalue weighted by atomic mass is 10.2. The minimum absolute atomic E-state index is 0.621. The molecular formula is C13H11ClN4. The molecule has 0 atom stereocenters. The van der Waals surface area contributed by atoms with Crippen molar-refractivity contribution in [3.63, 3.8) is 0 Å². The van der Waals surface area contributed by atoms with Gasteiger partial charge in [0.05, 0.1) is 5.69 Å². The first-order chi connectivity index (χ1) is 8.65. The van der Waals surface area contributed by atoms with Gasteiger partial charge in [-0.25, -0.2) is 0 Å². The Balaban J connectivity index is 2.30. The summed E-state index contributed by atoms with van der Waals surface area (Å²) in [5, 5.41) is 8.96. The van der Waals surface area contributed by atoms with E-state index in [-0.39, 0.29) is 0 Å². The third-order valence-corrected chi connectivity index (χ3v) is 2.99. The zero-order chi connectivity index (χ0) is 12.7. The molecule has 0 aliphatic rings. The van der Waals surface area contributed by atoms with E-state index in [1.165, 1.54) is 0 Å². The Morgan fingerprint density at radius 1 is 1.22 bits per heavy atom. The van der Waals surface area contributed by atoms with Crippen LogP contribution >= 0.6 is 11.6 Å². The number of fused-ring (bicyclic) bond motifs is 1. The summed E-state index contributed by atoms with van der Waals surface area (Å²) < 4.78 is 1.89. The molecule has 0 saturated carbocycles. The zero-order valence-electron chi connectivity index (χ0n) is 9.76. The summed E-state index contributed by atoms with van der Waals surface area (Å²) in [5.74, 6) is 0.739. The highest BCUT2D eigenvalue weighted by Crippen LogP contribution is 2.24. The van der Waals surface area contributed by atoms with Crippen molar-refractivity contribution in [1.82, 2.24) is 14.6 Å². The van der Waals surface area contributed by atoms with Gasteiger partial charge in [-0.15, -0.1) is 10.2 Å². The van der Waals surface area contributed by atoms with Crippen molar-refractivity contribution in [2.24, 2.45) is 0 Å². The molecule has 2 aromatic heterocycles. The molecule has 0 spiro atoms. The van der Waals surface area contributed by atoms with Gasteiger partial charge in [-0.05, 0) is 30.7 Å². The number of anilines is 1. The van der Waals surface area contributed by atoms with Crippen molar-refractivity contribution in [1.29, 1.82) is 0 Å². The molecule has 90 valence electrons. The van der Waals surface area contributed by atoms with Crippen LogP contribution in [0.3, 0.4) is 0 Å². The summed E-state index contributed by atoms with van der Waals surface area (Å²) >= 11 is 5.99. The average Bonchev–Trinajstić information content (AvgIpc) is 2.72. The molecule has 2 N–H and O–H groups in total. The van der Waals surface area contributed by atoms with E-state index in [9.17, 15) is 0 Å². The number of hydrogen-bond acceptors (Lipinski definition) is 3. The summed E-state index contributed by atoms with van der Waals surface area (Å²) in [5.41, 5.74) is 9.19. The fraction of sp³-hybridized carbons (Fsp3) is 0.0769. The number of rotatable bonds is 1. The van der Waals surface area contributed by atoms with Crippen molar-refractivity contribution in [2.75, 3.05) is 5.73 Å². The monoisotopic (exact) mass is 258 g/mol. The Morgan fingerprint density at radius 3 is 2.83 bits per heavy atom. The van der Waals surface area contributed by atoms with E-state index in [2.05, 4.69) is 10.2 Å². The Hall–Kier alpha value is -2.07. The van der Waals surface area contributed by atoms with Crippen LogP contribution in [-0.4, -0.2) is 14.6 Å². The third kappa shape index (κ3) is 1.71. The second kappa shape index (κ2) is 3.99. The number of nitrogens with zero attached hydrogens (tertiary/aromatic N) is 3. The Kier molecular flexibility index (Phi) is 2.45. The largest absolute Gasteiger partial charge is 0.396 e. The lowest BCUT2D eigenvalue weighted by Gasteiger charge is -2.03. The van der Waals surface area contributed by atoms with Crippen LogP contribution in [0.1, 0.15) is 5.56 Å². The molecule has 0 amide bonds. The first kappa shape index (κ1) is 11.0. The molecule has 4 nitrogen and oxygen atoms in total. The molecule has 0 bridgehead atoms. The minimum Gasteiger partial charge on any atom is -0.396 e. The predicted molar refractivity (Wildman–Crippen MR) is 72.6 cm³/mol. The van der Waals surface area contributed by atoms with Crippen LogP contribution in [0.5, 0.6) is 0 Å². The Labute approximate surface area is 109 Å². The van der Waals surface area contributed by atoms with Crippen LogP contribution in [0.4, 0.5) is 5.69 Å². The van der Waals surface area contributed by atoms with Crippen LogP contribution in [0.25, 0.3) is 17.0 Å². The molecule has 0 aliphatic carbocycles. The molecule has 0 unspecified atom stereocenters. The molecule has 0 radical (unpaired) electrons. The topological polar surface area (TPSA) is 56.2 Å². The smallest absolute Gasteiger partial charge is 0.184 e. The number of benzene rings is 1. The summed E-state index contributed by atoms with van der Waals surface area (Å²) in [7, 11) is 0. The van der Waals surface area contributed by atoms with E-state index in [1.54, 1.807) is 0 Å². The first-order valence-electron chi connectivity index (χ1n) is 5.52. The average molecular weight is 259 g/mol. The van der Waals surface area contributed by atoms with Crippen LogP contribution in [-0.2, 0) is 0 Å². The first-order valence-corrected chi connectivity index (χ1v) is 5.90. The van der Waals surface area contributed by atoms with E-state index >= 15 is 0 Å². The van der Waals surface area contributed by atoms with Gasteiger partial charge in [0.1, 0.15) is 0 Å². The van der Waals surface area contributed by atoms with Crippen LogP contribution in [0.2, 0.25) is 5.02 Å². The normalized spacial score (nSPS) is 11.0. The molecule has 3 rings (SSSR count). The van der Waals surface area contributed by atoms with E-state index in [4.69, 9.17) is 17.3 Å². The van der Waals surface area contributed by atoms with Crippen molar-refractivity contribution in [3.8, 4) is 11.4 Å². The predicted octanol–water partition coefficient (Wildman–Crippen LogP) is 2.94. The fourth-order valence-corrected chi connectivity index (χ4v) is 2.18. The summed E-state index contributed by atoms with van der Waals surface area (Å²) in [6.45, 7) is 1.98. The highest BCUT2D eigenvalue weighted by molar-refractivity contribution is 6.30. The molecule has 0 saturated heterocycles. The van der Waals surface area contributed by atoms with Gasteiger partial charge in [-0.1, -0.05) is 23.7 Å². The highest BCUT2D eigenvalue weighted by Gasteiger charge is 2.10. The molecule has 5 heteroatoms. The molecule has 18 heavy (non-hydrogen) atoms. The van der Waals surface area contributed by atoms with Gasteiger partial charge >= 0.3 is 0 Å². The molecule has 1 aromatic carbocycles. The van der Waals surface area contributed by atoms with Gasteiger partial charge in [0.2, 0.25) is 0 Å². The number of halogens is 1. The van der Waals surface area contributed by atoms with Crippen molar-refractivity contribution in [3.05, 3.63) is 47.1 Å². The maximum Gasteiger partial charge on any atom is 0.184 e. The number of aryl methyl sites for hydroxylation is 1. The van der Waals surface area contributed by atoms with Gasteiger partial charge < -0.3 is 5.73 Å². The second-order valence-corrected chi connectivity index (χ2v) is 4.64. The standard InChI is InChI=1S/C13H11ClN4/c1-8-5-11(15)13-17-16-12(18(13)7-8)9-3-2-4-10(14)6-9/h2-7H,15H2,1H3. The van der Waals surface area contributed by atoms with Gasteiger partial charge in [0.15, 0.2) is 11.5 Å². The Bertz CT molecular complexity index is 733. The van der Waals surface area contributed by atoms with E-state index in [0.717, 1.165) is 17.0 Å². The van der Waals surface area contributed by atoms with Crippen molar-refractivity contribution >= 4 is 22.9 Å². The summed E-state index contributed by atoms with van der Waals surface area (Å²) in [4.78, 5) is 0. The molecule has 0 fully saturated rings. The number of nitrogens with two attached hydrogens (primary N) is 1. The lowest BCUT2D eigenvalue weighted by molar-refractivity contribution is 1.11. The maximum atomic E-state index is 5.99. The van der Waals surface area contributed by atoms with Crippen molar-refractivity contribution < 1.29 is 0 Å². The van der Waals surface area contributed by atoms with Gasteiger partial charge in [-0.2, -0.15) is 0 Å². The number of hydrogen-bond donors (Lipinski definition) is 1. The van der Waals surface area contributed by atoms with Gasteiger partial charge in [-0.3, -0.25) is 4.40 Å². The van der Waals surface area contributed by atoms with Crippen molar-refractivity contribution in [2.45, 2.75) is 6.92 Å². The van der Waals surface area contributed by atoms with Gasteiger partial charge in [0, 0.05) is 16.8 Å². The molecule has 2 heterocycles.